The van der Waals surface area contributed by atoms with E-state index in [4.69, 9.17) is 10.2 Å². The van der Waals surface area contributed by atoms with Gasteiger partial charge in [-0.15, -0.1) is 0 Å². The minimum absolute atomic E-state index is 0.434. The maximum Gasteiger partial charge on any atom is 0.297 e. The van der Waals surface area contributed by atoms with Gasteiger partial charge in [-0.1, -0.05) is 0 Å². The molecule has 1 aliphatic heterocycles. The van der Waals surface area contributed by atoms with Gasteiger partial charge in [0.05, 0.1) is 5.69 Å². The van der Waals surface area contributed by atoms with Crippen LogP contribution in [0.4, 0.5) is 6.01 Å². The van der Waals surface area contributed by atoms with E-state index in [-0.39, 0.29) is 0 Å². The Labute approximate surface area is 96.2 Å². The number of likely N-dealkylation sites (N-methyl/N-ethyl adjacent to an activating group) is 1. The van der Waals surface area contributed by atoms with E-state index >= 15 is 0 Å². The highest BCUT2D eigenvalue weighted by Gasteiger charge is 2.13. The average Bonchev–Trinajstić information content (AvgIpc) is 2.96. The minimum atomic E-state index is 0.434. The van der Waals surface area contributed by atoms with Gasteiger partial charge < -0.3 is 20.0 Å². The van der Waals surface area contributed by atoms with Crippen molar-refractivity contribution < 1.29 is 4.42 Å². The zero-order chi connectivity index (χ0) is 11.4. The summed E-state index contributed by atoms with van der Waals surface area (Å²) in [7, 11) is 2.00. The summed E-state index contributed by atoms with van der Waals surface area (Å²) in [4.78, 5) is 8.80. The quantitative estimate of drug-likeness (QED) is 0.796. The van der Waals surface area contributed by atoms with Crippen LogP contribution < -0.4 is 10.6 Å². The van der Waals surface area contributed by atoms with Crippen molar-refractivity contribution in [3.63, 3.8) is 0 Å². The van der Waals surface area contributed by atoms with Crippen molar-refractivity contribution in [2.75, 3.05) is 38.1 Å². The Balaban J connectivity index is 1.80. The fourth-order valence-electron chi connectivity index (χ4n) is 1.96. The number of hydrogen-bond donors (Lipinski definition) is 1. The van der Waals surface area contributed by atoms with Crippen LogP contribution in [0.25, 0.3) is 0 Å². The number of anilines is 1. The Morgan fingerprint density at radius 3 is 2.88 bits per heavy atom. The Hall–Kier alpha value is -1.07. The second kappa shape index (κ2) is 5.32. The van der Waals surface area contributed by atoms with E-state index in [1.807, 2.05) is 11.9 Å². The first-order valence-corrected chi connectivity index (χ1v) is 5.87. The van der Waals surface area contributed by atoms with Crippen molar-refractivity contribution in [3.8, 4) is 0 Å². The highest BCUT2D eigenvalue weighted by molar-refractivity contribution is 5.25. The molecule has 0 aliphatic carbocycles. The van der Waals surface area contributed by atoms with Gasteiger partial charge in [0.2, 0.25) is 0 Å². The molecular formula is C11H20N4O. The molecule has 1 aromatic rings. The van der Waals surface area contributed by atoms with Gasteiger partial charge in [0.15, 0.2) is 0 Å². The van der Waals surface area contributed by atoms with Gasteiger partial charge in [-0.25, -0.2) is 0 Å². The van der Waals surface area contributed by atoms with Crippen molar-refractivity contribution in [2.24, 2.45) is 5.73 Å². The summed E-state index contributed by atoms with van der Waals surface area (Å²) in [6.07, 6.45) is 4.29. The molecule has 1 aromatic heterocycles. The van der Waals surface area contributed by atoms with Gasteiger partial charge in [0, 0.05) is 26.7 Å². The van der Waals surface area contributed by atoms with Crippen LogP contribution >= 0.6 is 0 Å². The summed E-state index contributed by atoms with van der Waals surface area (Å²) < 4.78 is 5.35. The lowest BCUT2D eigenvalue weighted by Crippen LogP contribution is -2.31. The summed E-state index contributed by atoms with van der Waals surface area (Å²) in [6.45, 7) is 4.92. The van der Waals surface area contributed by atoms with Crippen LogP contribution in [-0.2, 0) is 6.54 Å². The third-order valence-corrected chi connectivity index (χ3v) is 3.03. The molecule has 0 atom stereocenters. The van der Waals surface area contributed by atoms with Gasteiger partial charge in [0.1, 0.15) is 6.26 Å². The average molecular weight is 224 g/mol. The first kappa shape index (κ1) is 11.4. The SMILES string of the molecule is CN(CCN1CCCC1)c1nc(CN)co1. The minimum Gasteiger partial charge on any atom is -0.432 e. The van der Waals surface area contributed by atoms with Crippen LogP contribution in [0, 0.1) is 0 Å². The maximum absolute atomic E-state index is 5.49. The zero-order valence-electron chi connectivity index (χ0n) is 9.85. The van der Waals surface area contributed by atoms with E-state index in [1.54, 1.807) is 6.26 Å². The summed E-state index contributed by atoms with van der Waals surface area (Å²) in [6, 6.07) is 0.666. The molecule has 2 heterocycles. The lowest BCUT2D eigenvalue weighted by atomic mass is 10.4. The monoisotopic (exact) mass is 224 g/mol. The van der Waals surface area contributed by atoms with Crippen molar-refractivity contribution in [3.05, 3.63) is 12.0 Å². The van der Waals surface area contributed by atoms with Crippen LogP contribution in [0.15, 0.2) is 10.7 Å². The van der Waals surface area contributed by atoms with Gasteiger partial charge >= 0.3 is 0 Å². The standard InChI is InChI=1S/C11H20N4O/c1-14(6-7-15-4-2-3-5-15)11-13-10(8-12)9-16-11/h9H,2-8,12H2,1H3. The van der Waals surface area contributed by atoms with E-state index in [1.165, 1.54) is 25.9 Å². The zero-order valence-corrected chi connectivity index (χ0v) is 9.85. The molecule has 5 nitrogen and oxygen atoms in total. The molecule has 0 saturated carbocycles. The number of nitrogens with zero attached hydrogens (tertiary/aromatic N) is 3. The van der Waals surface area contributed by atoms with Crippen molar-refractivity contribution in [1.82, 2.24) is 9.88 Å². The molecule has 0 radical (unpaired) electrons. The second-order valence-corrected chi connectivity index (χ2v) is 4.30. The Morgan fingerprint density at radius 1 is 1.50 bits per heavy atom. The molecule has 2 N–H and O–H groups in total. The summed E-state index contributed by atoms with van der Waals surface area (Å²) in [5.41, 5.74) is 6.30. The molecule has 1 aliphatic rings. The molecule has 5 heteroatoms. The number of rotatable bonds is 5. The van der Waals surface area contributed by atoms with Gasteiger partial charge in [0.25, 0.3) is 6.01 Å². The fraction of sp³-hybridized carbons (Fsp3) is 0.727. The molecule has 1 saturated heterocycles. The molecule has 0 aromatic carbocycles. The van der Waals surface area contributed by atoms with Crippen molar-refractivity contribution in [1.29, 1.82) is 0 Å². The second-order valence-electron chi connectivity index (χ2n) is 4.30. The largest absolute Gasteiger partial charge is 0.432 e. The predicted octanol–water partition coefficient (Wildman–Crippen LogP) is 0.665. The van der Waals surface area contributed by atoms with E-state index in [0.717, 1.165) is 18.8 Å². The van der Waals surface area contributed by atoms with E-state index in [0.29, 0.717) is 12.6 Å². The van der Waals surface area contributed by atoms with Crippen LogP contribution in [0.3, 0.4) is 0 Å². The molecule has 0 amide bonds. The van der Waals surface area contributed by atoms with Gasteiger partial charge in [-0.3, -0.25) is 0 Å². The molecular weight excluding hydrogens is 204 g/mol. The lowest BCUT2D eigenvalue weighted by Gasteiger charge is -2.19. The molecule has 90 valence electrons. The third kappa shape index (κ3) is 2.74. The number of hydrogen-bond acceptors (Lipinski definition) is 5. The Morgan fingerprint density at radius 2 is 2.25 bits per heavy atom. The number of oxazole rings is 1. The third-order valence-electron chi connectivity index (χ3n) is 3.03. The van der Waals surface area contributed by atoms with Crippen LogP contribution in [0.1, 0.15) is 18.5 Å². The first-order valence-electron chi connectivity index (χ1n) is 5.87. The Kier molecular flexibility index (Phi) is 3.79. The maximum atomic E-state index is 5.49. The highest BCUT2D eigenvalue weighted by Crippen LogP contribution is 2.12. The molecule has 2 rings (SSSR count). The van der Waals surface area contributed by atoms with Crippen LogP contribution in [-0.4, -0.2) is 43.1 Å². The summed E-state index contributed by atoms with van der Waals surface area (Å²) in [5.74, 6) is 0. The molecule has 0 spiro atoms. The van der Waals surface area contributed by atoms with Crippen LogP contribution in [0.5, 0.6) is 0 Å². The van der Waals surface area contributed by atoms with Crippen LogP contribution in [0.2, 0.25) is 0 Å². The molecule has 16 heavy (non-hydrogen) atoms. The number of nitrogens with two attached hydrogens (primary N) is 1. The summed E-state index contributed by atoms with van der Waals surface area (Å²) >= 11 is 0. The lowest BCUT2D eigenvalue weighted by molar-refractivity contribution is 0.344. The van der Waals surface area contributed by atoms with Gasteiger partial charge in [-0.05, 0) is 25.9 Å². The Bertz CT molecular complexity index is 320. The van der Waals surface area contributed by atoms with E-state index in [2.05, 4.69) is 9.88 Å². The van der Waals surface area contributed by atoms with Gasteiger partial charge in [-0.2, -0.15) is 4.98 Å². The van der Waals surface area contributed by atoms with Crippen molar-refractivity contribution in [2.45, 2.75) is 19.4 Å². The van der Waals surface area contributed by atoms with E-state index in [9.17, 15) is 0 Å². The number of likely N-dealkylation sites (tertiary alicyclic amines) is 1. The summed E-state index contributed by atoms with van der Waals surface area (Å²) in [5, 5.41) is 0. The van der Waals surface area contributed by atoms with Crippen molar-refractivity contribution >= 4 is 6.01 Å². The normalized spacial score (nSPS) is 16.9. The first-order chi connectivity index (χ1) is 7.79. The highest BCUT2D eigenvalue weighted by atomic mass is 16.4. The number of aromatic nitrogens is 1. The smallest absolute Gasteiger partial charge is 0.297 e. The topological polar surface area (TPSA) is 58.5 Å². The molecule has 0 bridgehead atoms. The molecule has 0 unspecified atom stereocenters. The molecule has 1 fully saturated rings. The van der Waals surface area contributed by atoms with E-state index < -0.39 is 0 Å². The fourth-order valence-corrected chi connectivity index (χ4v) is 1.96. The predicted molar refractivity (Wildman–Crippen MR) is 63.3 cm³/mol.